The fourth-order valence-electron chi connectivity index (χ4n) is 4.62. The van der Waals surface area contributed by atoms with Crippen LogP contribution in [-0.4, -0.2) is 40.0 Å². The molecule has 0 saturated carbocycles. The minimum atomic E-state index is -0.119. The average Bonchev–Trinajstić information content (AvgIpc) is 3.54. The van der Waals surface area contributed by atoms with Crippen LogP contribution in [0.25, 0.3) is 22.7 Å². The van der Waals surface area contributed by atoms with E-state index in [0.29, 0.717) is 6.54 Å². The average molecular weight is 451 g/mol. The molecule has 0 atom stereocenters. The summed E-state index contributed by atoms with van der Waals surface area (Å²) in [5.74, 6) is -0.119. The van der Waals surface area contributed by atoms with Crippen LogP contribution in [0.5, 0.6) is 0 Å². The summed E-state index contributed by atoms with van der Waals surface area (Å²) in [6.07, 6.45) is 12.9. The van der Waals surface area contributed by atoms with Crippen molar-refractivity contribution in [3.63, 3.8) is 0 Å². The molecule has 1 saturated heterocycles. The van der Waals surface area contributed by atoms with Crippen molar-refractivity contribution in [1.82, 2.24) is 19.8 Å². The number of likely N-dealkylation sites (tertiary alicyclic amines) is 1. The van der Waals surface area contributed by atoms with Crippen LogP contribution in [0.1, 0.15) is 29.5 Å². The first-order valence-corrected chi connectivity index (χ1v) is 12.0. The first-order valence-electron chi connectivity index (χ1n) is 12.0. The largest absolute Gasteiger partial charge is 0.348 e. The Morgan fingerprint density at radius 1 is 1.00 bits per heavy atom. The number of aromatic nitrogens is 2. The third-order valence-corrected chi connectivity index (χ3v) is 6.48. The summed E-state index contributed by atoms with van der Waals surface area (Å²) in [4.78, 5) is 18.8. The van der Waals surface area contributed by atoms with Crippen LogP contribution in [0, 0.1) is 0 Å². The zero-order chi connectivity index (χ0) is 23.2. The smallest absolute Gasteiger partial charge is 0.244 e. The number of para-hydroxylation sites is 1. The van der Waals surface area contributed by atoms with E-state index in [-0.39, 0.29) is 5.91 Å². The van der Waals surface area contributed by atoms with Crippen molar-refractivity contribution < 1.29 is 4.79 Å². The Kier molecular flexibility index (Phi) is 6.82. The highest BCUT2D eigenvalue weighted by molar-refractivity contribution is 5.91. The van der Waals surface area contributed by atoms with E-state index in [2.05, 4.69) is 74.5 Å². The van der Waals surface area contributed by atoms with E-state index >= 15 is 0 Å². The monoisotopic (exact) mass is 450 g/mol. The summed E-state index contributed by atoms with van der Waals surface area (Å²) in [6.45, 7) is 4.06. The summed E-state index contributed by atoms with van der Waals surface area (Å²) in [5.41, 5.74) is 5.73. The highest BCUT2D eigenvalue weighted by atomic mass is 16.1. The molecule has 5 nitrogen and oxygen atoms in total. The quantitative estimate of drug-likeness (QED) is 0.385. The number of amides is 1. The second kappa shape index (κ2) is 10.5. The summed E-state index contributed by atoms with van der Waals surface area (Å²) in [6, 6.07) is 20.8. The second-order valence-electron chi connectivity index (χ2n) is 8.84. The van der Waals surface area contributed by atoms with Gasteiger partial charge in [0.25, 0.3) is 0 Å². The Hall–Kier alpha value is -3.70. The molecule has 1 N–H and O–H groups in total. The number of rotatable bonds is 8. The van der Waals surface area contributed by atoms with E-state index in [0.717, 1.165) is 29.8 Å². The molecule has 1 fully saturated rings. The Morgan fingerprint density at radius 3 is 2.62 bits per heavy atom. The molecule has 0 spiro atoms. The van der Waals surface area contributed by atoms with Gasteiger partial charge in [-0.25, -0.2) is 0 Å². The van der Waals surface area contributed by atoms with Gasteiger partial charge in [-0.15, -0.1) is 0 Å². The Morgan fingerprint density at radius 2 is 1.82 bits per heavy atom. The summed E-state index contributed by atoms with van der Waals surface area (Å²) < 4.78 is 2.28. The van der Waals surface area contributed by atoms with Crippen LogP contribution >= 0.6 is 0 Å². The molecule has 1 aliphatic heterocycles. The lowest BCUT2D eigenvalue weighted by atomic mass is 10.1. The third kappa shape index (κ3) is 5.26. The third-order valence-electron chi connectivity index (χ3n) is 6.48. The van der Waals surface area contributed by atoms with Crippen LogP contribution in [0.2, 0.25) is 0 Å². The number of hydrogen-bond donors (Lipinski definition) is 1. The van der Waals surface area contributed by atoms with Gasteiger partial charge < -0.3 is 14.8 Å². The normalized spacial score (nSPS) is 14.2. The van der Waals surface area contributed by atoms with Gasteiger partial charge in [0.05, 0.1) is 5.52 Å². The van der Waals surface area contributed by atoms with Gasteiger partial charge in [0.15, 0.2) is 0 Å². The van der Waals surface area contributed by atoms with E-state index in [4.69, 9.17) is 0 Å². The first-order chi connectivity index (χ1) is 16.8. The zero-order valence-electron chi connectivity index (χ0n) is 19.4. The molecular formula is C29H30N4O. The van der Waals surface area contributed by atoms with Crippen LogP contribution in [0.3, 0.4) is 0 Å². The van der Waals surface area contributed by atoms with Crippen LogP contribution < -0.4 is 5.32 Å². The van der Waals surface area contributed by atoms with E-state index in [9.17, 15) is 4.79 Å². The predicted octanol–water partition coefficient (Wildman–Crippen LogP) is 4.99. The molecule has 1 amide bonds. The number of carbonyl (C=O) groups is 1. The minimum absolute atomic E-state index is 0.119. The van der Waals surface area contributed by atoms with Crippen molar-refractivity contribution in [1.29, 1.82) is 0 Å². The van der Waals surface area contributed by atoms with Gasteiger partial charge in [0.1, 0.15) is 0 Å². The van der Waals surface area contributed by atoms with Gasteiger partial charge in [-0.05, 0) is 79.4 Å². The number of benzene rings is 2. The molecule has 1 aliphatic rings. The molecule has 172 valence electrons. The number of pyridine rings is 1. The molecule has 5 rings (SSSR count). The number of nitrogens with zero attached hydrogens (tertiary/aromatic N) is 3. The van der Waals surface area contributed by atoms with Crippen molar-refractivity contribution in [2.75, 3.05) is 19.6 Å². The lowest BCUT2D eigenvalue weighted by Gasteiger charge is -2.13. The zero-order valence-corrected chi connectivity index (χ0v) is 19.4. The molecule has 0 unspecified atom stereocenters. The van der Waals surface area contributed by atoms with Gasteiger partial charge in [-0.3, -0.25) is 9.78 Å². The molecule has 3 heterocycles. The van der Waals surface area contributed by atoms with E-state index in [1.165, 1.54) is 42.4 Å². The van der Waals surface area contributed by atoms with Crippen molar-refractivity contribution in [3.05, 3.63) is 102 Å². The Balaban J connectivity index is 1.27. The molecule has 2 aromatic carbocycles. The highest BCUT2D eigenvalue weighted by Crippen LogP contribution is 2.26. The lowest BCUT2D eigenvalue weighted by molar-refractivity contribution is -0.116. The van der Waals surface area contributed by atoms with Crippen LogP contribution in [-0.2, 0) is 17.8 Å². The molecule has 2 aromatic heterocycles. The molecular weight excluding hydrogens is 420 g/mol. The number of hydrogen-bond acceptors (Lipinski definition) is 3. The maximum Gasteiger partial charge on any atom is 0.244 e. The summed E-state index contributed by atoms with van der Waals surface area (Å²) in [5, 5.41) is 4.22. The molecule has 34 heavy (non-hydrogen) atoms. The maximum absolute atomic E-state index is 12.2. The van der Waals surface area contributed by atoms with E-state index in [1.807, 2.05) is 18.2 Å². The second-order valence-corrected chi connectivity index (χ2v) is 8.84. The summed E-state index contributed by atoms with van der Waals surface area (Å²) >= 11 is 0. The predicted molar refractivity (Wildman–Crippen MR) is 138 cm³/mol. The molecule has 5 heteroatoms. The minimum Gasteiger partial charge on any atom is -0.348 e. The maximum atomic E-state index is 12.2. The molecule has 0 aliphatic carbocycles. The Bertz CT molecular complexity index is 1270. The Labute approximate surface area is 200 Å². The standard InChI is InChI=1S/C29H30N4O/c34-29(31-21-24-6-5-16-30-20-24)14-11-23-9-12-26(13-10-23)33-22-25(15-19-32-17-3-4-18-32)27-7-1-2-8-28(27)33/h1-2,5-14,16,20,22H,3-4,15,17-19,21H2,(H,31,34)/b14-11+. The number of nitrogens with one attached hydrogen (secondary N) is 1. The summed E-state index contributed by atoms with van der Waals surface area (Å²) in [7, 11) is 0. The van der Waals surface area contributed by atoms with Gasteiger partial charge in [-0.2, -0.15) is 0 Å². The van der Waals surface area contributed by atoms with Gasteiger partial charge in [0.2, 0.25) is 5.91 Å². The SMILES string of the molecule is O=C(/C=C/c1ccc(-n2cc(CCN3CCCC3)c3ccccc32)cc1)NCc1cccnc1. The highest BCUT2D eigenvalue weighted by Gasteiger charge is 2.14. The topological polar surface area (TPSA) is 50.2 Å². The first kappa shape index (κ1) is 22.1. The van der Waals surface area contributed by atoms with Crippen LogP contribution in [0.15, 0.2) is 85.3 Å². The molecule has 0 radical (unpaired) electrons. The number of carbonyl (C=O) groups excluding carboxylic acids is 1. The van der Waals surface area contributed by atoms with Crippen molar-refractivity contribution in [2.45, 2.75) is 25.8 Å². The van der Waals surface area contributed by atoms with Gasteiger partial charge in [0, 0.05) is 48.8 Å². The fourth-order valence-corrected chi connectivity index (χ4v) is 4.62. The van der Waals surface area contributed by atoms with E-state index < -0.39 is 0 Å². The number of fused-ring (bicyclic) bond motifs is 1. The lowest BCUT2D eigenvalue weighted by Crippen LogP contribution is -2.21. The molecule has 4 aromatic rings. The molecule has 0 bridgehead atoms. The van der Waals surface area contributed by atoms with Crippen LogP contribution in [0.4, 0.5) is 0 Å². The van der Waals surface area contributed by atoms with Gasteiger partial charge in [-0.1, -0.05) is 36.4 Å². The van der Waals surface area contributed by atoms with Crippen molar-refractivity contribution in [3.8, 4) is 5.69 Å². The van der Waals surface area contributed by atoms with Gasteiger partial charge >= 0.3 is 0 Å². The fraction of sp³-hybridized carbons (Fsp3) is 0.241. The van der Waals surface area contributed by atoms with Crippen molar-refractivity contribution in [2.24, 2.45) is 0 Å². The van der Waals surface area contributed by atoms with E-state index in [1.54, 1.807) is 18.5 Å². The van der Waals surface area contributed by atoms with Crippen molar-refractivity contribution >= 4 is 22.9 Å².